The predicted molar refractivity (Wildman–Crippen MR) is 103 cm³/mol. The molecule has 4 rings (SSSR count). The van der Waals surface area contributed by atoms with Gasteiger partial charge in [0, 0.05) is 43.6 Å². The summed E-state index contributed by atoms with van der Waals surface area (Å²) in [4.78, 5) is 18.3. The molecule has 1 saturated carbocycles. The number of piperidine rings is 1. The van der Waals surface area contributed by atoms with Crippen LogP contribution in [0.4, 0.5) is 13.2 Å². The average Bonchev–Trinajstić information content (AvgIpc) is 3.10. The summed E-state index contributed by atoms with van der Waals surface area (Å²) in [5.41, 5.74) is 3.51. The van der Waals surface area contributed by atoms with Crippen molar-refractivity contribution in [1.82, 2.24) is 19.5 Å². The molecule has 8 heteroatoms. The van der Waals surface area contributed by atoms with E-state index in [1.165, 1.54) is 0 Å². The fraction of sp³-hybridized carbons (Fsp3) is 0.667. The van der Waals surface area contributed by atoms with E-state index >= 15 is 0 Å². The van der Waals surface area contributed by atoms with Crippen molar-refractivity contribution < 1.29 is 18.0 Å². The molecule has 0 spiro atoms. The van der Waals surface area contributed by atoms with Crippen LogP contribution in [-0.4, -0.2) is 44.7 Å². The smallest absolute Gasteiger partial charge is 0.342 e. The number of aryl methyl sites for hydroxylation is 1. The van der Waals surface area contributed by atoms with Crippen molar-refractivity contribution in [2.75, 3.05) is 13.1 Å². The maximum atomic E-state index is 13.0. The Kier molecular flexibility index (Phi) is 5.29. The third kappa shape index (κ3) is 4.12. The van der Waals surface area contributed by atoms with Gasteiger partial charge in [-0.3, -0.25) is 4.79 Å². The molecule has 2 fully saturated rings. The van der Waals surface area contributed by atoms with Crippen molar-refractivity contribution >= 4 is 11.6 Å². The first-order chi connectivity index (χ1) is 13.7. The van der Waals surface area contributed by atoms with E-state index in [0.717, 1.165) is 42.1 Å². The van der Waals surface area contributed by atoms with Gasteiger partial charge < -0.3 is 4.90 Å². The van der Waals surface area contributed by atoms with Gasteiger partial charge in [0.1, 0.15) is 0 Å². The van der Waals surface area contributed by atoms with E-state index < -0.39 is 12.1 Å². The Hall–Kier alpha value is -2.12. The molecular formula is C21H27F3N4O. The van der Waals surface area contributed by atoms with Gasteiger partial charge in [-0.15, -0.1) is 0 Å². The number of halogens is 3. The molecule has 3 heterocycles. The van der Waals surface area contributed by atoms with E-state index in [1.54, 1.807) is 6.92 Å². The first kappa shape index (κ1) is 20.2. The number of nitrogens with zero attached hydrogens (tertiary/aromatic N) is 4. The van der Waals surface area contributed by atoms with Crippen LogP contribution in [0.2, 0.25) is 0 Å². The summed E-state index contributed by atoms with van der Waals surface area (Å²) >= 11 is 0. The highest BCUT2D eigenvalue weighted by Crippen LogP contribution is 2.42. The Morgan fingerprint density at radius 1 is 1.10 bits per heavy atom. The fourth-order valence-corrected chi connectivity index (χ4v) is 4.86. The van der Waals surface area contributed by atoms with Crippen LogP contribution in [0.5, 0.6) is 0 Å². The van der Waals surface area contributed by atoms with Gasteiger partial charge in [0.15, 0.2) is 5.65 Å². The van der Waals surface area contributed by atoms with Crippen LogP contribution >= 0.6 is 0 Å². The van der Waals surface area contributed by atoms with Gasteiger partial charge in [-0.1, -0.05) is 0 Å². The zero-order valence-corrected chi connectivity index (χ0v) is 16.9. The van der Waals surface area contributed by atoms with E-state index in [1.807, 2.05) is 28.5 Å². The molecule has 1 aliphatic heterocycles. The second kappa shape index (κ2) is 7.61. The van der Waals surface area contributed by atoms with Crippen LogP contribution in [0.25, 0.3) is 5.65 Å². The highest BCUT2D eigenvalue weighted by atomic mass is 19.4. The largest absolute Gasteiger partial charge is 0.391 e. The summed E-state index contributed by atoms with van der Waals surface area (Å²) in [7, 11) is 0. The van der Waals surface area contributed by atoms with Crippen molar-refractivity contribution in [1.29, 1.82) is 0 Å². The lowest BCUT2D eigenvalue weighted by Gasteiger charge is -2.32. The summed E-state index contributed by atoms with van der Waals surface area (Å²) in [5, 5.41) is 4.78. The molecule has 158 valence electrons. The number of fused-ring (bicyclic) bond motifs is 1. The number of likely N-dealkylation sites (tertiary alicyclic amines) is 1. The molecule has 0 unspecified atom stereocenters. The third-order valence-electron chi connectivity index (χ3n) is 6.50. The van der Waals surface area contributed by atoms with Crippen molar-refractivity contribution in [3.05, 3.63) is 29.2 Å². The number of alkyl halides is 3. The number of carbonyl (C=O) groups is 1. The Bertz CT molecular complexity index is 899. The number of hydrogen-bond acceptors (Lipinski definition) is 3. The summed E-state index contributed by atoms with van der Waals surface area (Å²) < 4.78 is 40.8. The van der Waals surface area contributed by atoms with Crippen molar-refractivity contribution in [2.45, 2.75) is 70.4 Å². The number of amides is 1. The molecule has 0 bridgehead atoms. The molecule has 0 N–H and O–H groups in total. The molecule has 0 radical (unpaired) electrons. The quantitative estimate of drug-likeness (QED) is 0.730. The highest BCUT2D eigenvalue weighted by molar-refractivity contribution is 5.73. The first-order valence-electron chi connectivity index (χ1n) is 10.4. The molecule has 1 saturated heterocycles. The average molecular weight is 408 g/mol. The molecule has 29 heavy (non-hydrogen) atoms. The SMILES string of the molecule is CC(=O)N1CCC[C@@H](c2cc(C)nc3cc([C@H]4CC[C@H](C(F)(F)F)CC4)nn23)C1. The summed E-state index contributed by atoms with van der Waals surface area (Å²) in [5.74, 6) is -0.875. The lowest BCUT2D eigenvalue weighted by molar-refractivity contribution is -0.182. The Morgan fingerprint density at radius 2 is 1.83 bits per heavy atom. The number of aromatic nitrogens is 3. The molecule has 1 atom stereocenters. The maximum absolute atomic E-state index is 13.0. The first-order valence-corrected chi connectivity index (χ1v) is 10.4. The van der Waals surface area contributed by atoms with Gasteiger partial charge in [-0.2, -0.15) is 18.3 Å². The second-order valence-corrected chi connectivity index (χ2v) is 8.56. The lowest BCUT2D eigenvalue weighted by Crippen LogP contribution is -2.38. The van der Waals surface area contributed by atoms with Crippen LogP contribution in [0.3, 0.4) is 0 Å². The van der Waals surface area contributed by atoms with Gasteiger partial charge in [-0.05, 0) is 51.5 Å². The lowest BCUT2D eigenvalue weighted by atomic mass is 9.80. The number of rotatable bonds is 2. The van der Waals surface area contributed by atoms with Gasteiger partial charge >= 0.3 is 6.18 Å². The van der Waals surface area contributed by atoms with E-state index in [9.17, 15) is 18.0 Å². The third-order valence-corrected chi connectivity index (χ3v) is 6.50. The maximum Gasteiger partial charge on any atom is 0.391 e. The monoisotopic (exact) mass is 408 g/mol. The van der Waals surface area contributed by atoms with E-state index in [2.05, 4.69) is 4.98 Å². The van der Waals surface area contributed by atoms with E-state index in [0.29, 0.717) is 19.4 Å². The molecule has 1 aliphatic carbocycles. The molecule has 2 aromatic heterocycles. The molecule has 1 amide bonds. The normalized spacial score (nSPS) is 26.1. The van der Waals surface area contributed by atoms with E-state index in [4.69, 9.17) is 5.10 Å². The Balaban J connectivity index is 1.60. The zero-order chi connectivity index (χ0) is 20.8. The van der Waals surface area contributed by atoms with Crippen LogP contribution in [-0.2, 0) is 4.79 Å². The van der Waals surface area contributed by atoms with Crippen LogP contribution in [0.1, 0.15) is 74.4 Å². The minimum Gasteiger partial charge on any atom is -0.342 e. The van der Waals surface area contributed by atoms with Gasteiger partial charge in [0.05, 0.1) is 17.3 Å². The highest BCUT2D eigenvalue weighted by Gasteiger charge is 2.42. The van der Waals surface area contributed by atoms with Gasteiger partial charge in [0.2, 0.25) is 5.91 Å². The minimum atomic E-state index is -4.10. The summed E-state index contributed by atoms with van der Waals surface area (Å²) in [6.45, 7) is 4.99. The van der Waals surface area contributed by atoms with Gasteiger partial charge in [0.25, 0.3) is 0 Å². The summed E-state index contributed by atoms with van der Waals surface area (Å²) in [6.07, 6.45) is -0.834. The molecule has 0 aromatic carbocycles. The molecule has 2 aliphatic rings. The van der Waals surface area contributed by atoms with Crippen molar-refractivity contribution in [3.8, 4) is 0 Å². The summed E-state index contributed by atoms with van der Waals surface area (Å²) in [6, 6.07) is 3.96. The zero-order valence-electron chi connectivity index (χ0n) is 16.9. The Morgan fingerprint density at radius 3 is 2.48 bits per heavy atom. The van der Waals surface area contributed by atoms with Crippen LogP contribution < -0.4 is 0 Å². The van der Waals surface area contributed by atoms with Crippen molar-refractivity contribution in [3.63, 3.8) is 0 Å². The molecular weight excluding hydrogens is 381 g/mol. The Labute approximate surface area is 168 Å². The fourth-order valence-electron chi connectivity index (χ4n) is 4.86. The number of hydrogen-bond donors (Lipinski definition) is 0. The standard InChI is InChI=1S/C21H27F3N4O/c1-13-10-19(16-4-3-9-27(12-16)14(2)29)28-20(25-13)11-18(26-28)15-5-7-17(8-6-15)21(22,23)24/h10-11,15-17H,3-9,12H2,1-2H3/t15-,16-,17-/m1/s1. The second-order valence-electron chi connectivity index (χ2n) is 8.56. The minimum absolute atomic E-state index is 0.0449. The predicted octanol–water partition coefficient (Wildman–Crippen LogP) is 4.60. The van der Waals surface area contributed by atoms with E-state index in [-0.39, 0.29) is 30.6 Å². The van der Waals surface area contributed by atoms with Crippen LogP contribution in [0, 0.1) is 12.8 Å². The molecule has 2 aromatic rings. The topological polar surface area (TPSA) is 50.5 Å². The molecule has 5 nitrogen and oxygen atoms in total. The number of carbonyl (C=O) groups excluding carboxylic acids is 1. The van der Waals surface area contributed by atoms with Crippen LogP contribution in [0.15, 0.2) is 12.1 Å². The van der Waals surface area contributed by atoms with Gasteiger partial charge in [-0.25, -0.2) is 9.50 Å². The van der Waals surface area contributed by atoms with Crippen molar-refractivity contribution in [2.24, 2.45) is 5.92 Å².